The van der Waals surface area contributed by atoms with E-state index in [1.54, 1.807) is 0 Å². The molecule has 66 heavy (non-hydrogen) atoms. The minimum absolute atomic E-state index is 0.141. The molecule has 0 radical (unpaired) electrons. The molecule has 1 spiro atoms. The van der Waals surface area contributed by atoms with Gasteiger partial charge in [0.25, 0.3) is 0 Å². The second-order valence-corrected chi connectivity index (χ2v) is 18.5. The van der Waals surface area contributed by atoms with Crippen molar-refractivity contribution in [2.75, 3.05) is 4.90 Å². The van der Waals surface area contributed by atoms with E-state index in [1.165, 1.54) is 94.3 Å². The van der Waals surface area contributed by atoms with Gasteiger partial charge in [0.2, 0.25) is 0 Å². The van der Waals surface area contributed by atoms with Crippen LogP contribution in [-0.4, -0.2) is 4.57 Å². The highest BCUT2D eigenvalue weighted by Gasteiger charge is 2.53. The van der Waals surface area contributed by atoms with E-state index < -0.39 is 5.41 Å². The second kappa shape index (κ2) is 14.7. The van der Waals surface area contributed by atoms with E-state index in [2.05, 4.69) is 266 Å². The van der Waals surface area contributed by atoms with Crippen LogP contribution < -0.4 is 4.90 Å². The van der Waals surface area contributed by atoms with Gasteiger partial charge in [0.05, 0.1) is 16.4 Å². The fourth-order valence-corrected chi connectivity index (χ4v) is 11.7. The molecule has 0 amide bonds. The van der Waals surface area contributed by atoms with Crippen LogP contribution in [0.3, 0.4) is 0 Å². The number of aromatic nitrogens is 1. The fraction of sp³-hybridized carbons (Fsp3) is 0.0625. The molecule has 11 aromatic rings. The molecule has 1 heterocycles. The summed E-state index contributed by atoms with van der Waals surface area (Å²) in [7, 11) is 0. The van der Waals surface area contributed by atoms with Crippen molar-refractivity contribution in [2.24, 2.45) is 0 Å². The fourth-order valence-electron chi connectivity index (χ4n) is 11.7. The van der Waals surface area contributed by atoms with Gasteiger partial charge >= 0.3 is 0 Å². The SMILES string of the molecule is CC1(C)c2ccccc2C2(c3ccccc3-c3cc(N(c4ccc(-c5ccccc5)cc4)c4ccc(-c5ccc6c(c5)c5ccccc5n6-c5ccccc5)cc4)ccc32)c2ccccc21. The summed E-state index contributed by atoms with van der Waals surface area (Å²) < 4.78 is 2.38. The van der Waals surface area contributed by atoms with Gasteiger partial charge in [-0.3, -0.25) is 0 Å². The summed E-state index contributed by atoms with van der Waals surface area (Å²) in [6.45, 7) is 4.77. The van der Waals surface area contributed by atoms with Crippen molar-refractivity contribution in [3.05, 3.63) is 276 Å². The highest BCUT2D eigenvalue weighted by molar-refractivity contribution is 6.10. The number of hydrogen-bond donors (Lipinski definition) is 0. The van der Waals surface area contributed by atoms with Crippen molar-refractivity contribution in [1.29, 1.82) is 0 Å². The van der Waals surface area contributed by atoms with Gasteiger partial charge in [-0.25, -0.2) is 0 Å². The Kier molecular flexibility index (Phi) is 8.51. The minimum Gasteiger partial charge on any atom is -0.310 e. The Hall–Kier alpha value is -8.20. The van der Waals surface area contributed by atoms with Crippen LogP contribution in [0.15, 0.2) is 243 Å². The Morgan fingerprint density at radius 3 is 1.45 bits per heavy atom. The number of nitrogens with zero attached hydrogens (tertiary/aromatic N) is 2. The molecule has 2 aliphatic carbocycles. The first kappa shape index (κ1) is 38.3. The molecule has 1 aromatic heterocycles. The maximum absolute atomic E-state index is 2.45. The van der Waals surface area contributed by atoms with Crippen molar-refractivity contribution in [3.63, 3.8) is 0 Å². The van der Waals surface area contributed by atoms with Crippen LogP contribution in [0, 0.1) is 0 Å². The minimum atomic E-state index is -0.439. The summed E-state index contributed by atoms with van der Waals surface area (Å²) in [4.78, 5) is 2.43. The Bertz CT molecular complexity index is 3600. The monoisotopic (exact) mass is 842 g/mol. The molecule has 0 aliphatic heterocycles. The maximum Gasteiger partial charge on any atom is 0.0719 e. The Morgan fingerprint density at radius 1 is 0.318 bits per heavy atom. The maximum atomic E-state index is 2.45. The molecule has 0 fully saturated rings. The molecule has 2 nitrogen and oxygen atoms in total. The predicted molar refractivity (Wildman–Crippen MR) is 276 cm³/mol. The summed E-state index contributed by atoms with van der Waals surface area (Å²) in [5.41, 5.74) is 21.9. The van der Waals surface area contributed by atoms with Gasteiger partial charge in [-0.05, 0) is 133 Å². The van der Waals surface area contributed by atoms with Crippen LogP contribution in [0.1, 0.15) is 47.2 Å². The summed E-state index contributed by atoms with van der Waals surface area (Å²) in [6.07, 6.45) is 0. The molecule has 2 aliphatic rings. The third kappa shape index (κ3) is 5.55. The third-order valence-electron chi connectivity index (χ3n) is 14.7. The first-order chi connectivity index (χ1) is 32.5. The van der Waals surface area contributed by atoms with E-state index in [0.29, 0.717) is 0 Å². The molecule has 13 rings (SSSR count). The molecular formula is C64H46N2. The van der Waals surface area contributed by atoms with Crippen molar-refractivity contribution < 1.29 is 0 Å². The van der Waals surface area contributed by atoms with Crippen molar-refractivity contribution in [3.8, 4) is 39.1 Å². The van der Waals surface area contributed by atoms with E-state index in [4.69, 9.17) is 0 Å². The normalized spacial score (nSPS) is 13.8. The highest BCUT2D eigenvalue weighted by Crippen LogP contribution is 2.62. The summed E-state index contributed by atoms with van der Waals surface area (Å²) in [6, 6.07) is 89.9. The Morgan fingerprint density at radius 2 is 0.788 bits per heavy atom. The van der Waals surface area contributed by atoms with E-state index in [9.17, 15) is 0 Å². The van der Waals surface area contributed by atoms with Gasteiger partial charge < -0.3 is 9.47 Å². The van der Waals surface area contributed by atoms with Gasteiger partial charge in [-0.2, -0.15) is 0 Å². The lowest BCUT2D eigenvalue weighted by Crippen LogP contribution is -2.40. The molecule has 312 valence electrons. The summed E-state index contributed by atoms with van der Waals surface area (Å²) in [5.74, 6) is 0. The van der Waals surface area contributed by atoms with E-state index >= 15 is 0 Å². The molecule has 0 unspecified atom stereocenters. The van der Waals surface area contributed by atoms with E-state index in [0.717, 1.165) is 17.1 Å². The van der Waals surface area contributed by atoms with Crippen molar-refractivity contribution >= 4 is 38.9 Å². The molecule has 2 heteroatoms. The average molecular weight is 843 g/mol. The van der Waals surface area contributed by atoms with E-state index in [1.807, 2.05) is 0 Å². The van der Waals surface area contributed by atoms with Gasteiger partial charge in [-0.15, -0.1) is 0 Å². The summed E-state index contributed by atoms with van der Waals surface area (Å²) >= 11 is 0. The molecule has 0 bridgehead atoms. The lowest BCUT2D eigenvalue weighted by Gasteiger charge is -2.46. The average Bonchev–Trinajstić information content (AvgIpc) is 3.87. The molecule has 0 N–H and O–H groups in total. The number of rotatable bonds is 6. The van der Waals surface area contributed by atoms with Gasteiger partial charge in [0, 0.05) is 38.9 Å². The molecule has 0 saturated heterocycles. The lowest BCUT2D eigenvalue weighted by atomic mass is 9.55. The van der Waals surface area contributed by atoms with Crippen LogP contribution in [0.5, 0.6) is 0 Å². The van der Waals surface area contributed by atoms with Crippen molar-refractivity contribution in [1.82, 2.24) is 4.57 Å². The highest BCUT2D eigenvalue weighted by atomic mass is 15.1. The second-order valence-electron chi connectivity index (χ2n) is 18.5. The lowest BCUT2D eigenvalue weighted by molar-refractivity contribution is 0.563. The number of hydrogen-bond acceptors (Lipinski definition) is 1. The van der Waals surface area contributed by atoms with Crippen LogP contribution >= 0.6 is 0 Å². The zero-order valence-electron chi connectivity index (χ0n) is 37.0. The molecule has 0 saturated carbocycles. The Labute approximate surface area is 386 Å². The van der Waals surface area contributed by atoms with Crippen LogP contribution in [0.4, 0.5) is 17.1 Å². The zero-order valence-corrected chi connectivity index (χ0v) is 37.0. The first-order valence-corrected chi connectivity index (χ1v) is 23.1. The zero-order chi connectivity index (χ0) is 44.0. The van der Waals surface area contributed by atoms with Crippen molar-refractivity contribution in [2.45, 2.75) is 24.7 Å². The molecule has 10 aromatic carbocycles. The quantitative estimate of drug-likeness (QED) is 0.162. The summed E-state index contributed by atoms with van der Waals surface area (Å²) in [5, 5.41) is 2.50. The van der Waals surface area contributed by atoms with E-state index in [-0.39, 0.29) is 5.41 Å². The number of fused-ring (bicyclic) bond motifs is 12. The van der Waals surface area contributed by atoms with Crippen LogP contribution in [-0.2, 0) is 10.8 Å². The van der Waals surface area contributed by atoms with Crippen LogP contribution in [0.25, 0.3) is 60.9 Å². The number of benzene rings is 10. The van der Waals surface area contributed by atoms with Gasteiger partial charge in [-0.1, -0.05) is 190 Å². The standard InChI is InChI=1S/C64H46N2/c1-63(2)57-24-12-14-26-59(57)64(60-27-15-13-25-58(60)63)55-23-11-9-21-51(55)53-42-50(38-39-56(53)64)65(48-34-29-44(30-35-48)43-17-5-3-6-18-43)49-36-31-45(32-37-49)46-33-40-62-54(41-46)52-22-10-16-28-61(52)66(62)47-19-7-4-8-20-47/h3-42H,1-2H3. The van der Waals surface area contributed by atoms with Gasteiger partial charge in [0.15, 0.2) is 0 Å². The predicted octanol–water partition coefficient (Wildman–Crippen LogP) is 16.6. The Balaban J connectivity index is 0.965. The smallest absolute Gasteiger partial charge is 0.0719 e. The number of anilines is 3. The van der Waals surface area contributed by atoms with Crippen LogP contribution in [0.2, 0.25) is 0 Å². The number of para-hydroxylation sites is 2. The first-order valence-electron chi connectivity index (χ1n) is 23.1. The third-order valence-corrected chi connectivity index (χ3v) is 14.7. The topological polar surface area (TPSA) is 8.17 Å². The molecular weight excluding hydrogens is 797 g/mol. The molecule has 0 atom stereocenters. The largest absolute Gasteiger partial charge is 0.310 e. The van der Waals surface area contributed by atoms with Gasteiger partial charge in [0.1, 0.15) is 0 Å².